The van der Waals surface area contributed by atoms with E-state index in [1.807, 2.05) is 0 Å². The number of hydrogen-bond acceptors (Lipinski definition) is 2. The van der Waals surface area contributed by atoms with E-state index in [4.69, 9.17) is 5.73 Å². The molecule has 0 radical (unpaired) electrons. The Morgan fingerprint density at radius 3 is 2.33 bits per heavy atom. The van der Waals surface area contributed by atoms with Crippen molar-refractivity contribution in [1.29, 1.82) is 0 Å². The summed E-state index contributed by atoms with van der Waals surface area (Å²) in [6, 6.07) is 6.31. The number of carbonyl (C=O) groups excluding carboxylic acids is 1. The second-order valence-corrected chi connectivity index (χ2v) is 6.09. The maximum absolute atomic E-state index is 12.2. The smallest absolute Gasteiger partial charge is 0.240 e. The number of halogens is 1. The number of rotatable bonds is 4. The third-order valence-corrected chi connectivity index (χ3v) is 4.50. The highest BCUT2D eigenvalue weighted by Crippen LogP contribution is 2.25. The molecule has 4 heteroatoms. The first-order valence-electron chi connectivity index (χ1n) is 7.65. The van der Waals surface area contributed by atoms with Gasteiger partial charge in [0.15, 0.2) is 0 Å². The average molecular weight is 311 g/mol. The van der Waals surface area contributed by atoms with E-state index >= 15 is 0 Å². The van der Waals surface area contributed by atoms with E-state index in [9.17, 15) is 4.79 Å². The molecular weight excluding hydrogens is 284 g/mol. The Hall–Kier alpha value is -1.06. The largest absolute Gasteiger partial charge is 0.354 e. The van der Waals surface area contributed by atoms with Gasteiger partial charge in [-0.15, -0.1) is 12.4 Å². The Labute approximate surface area is 134 Å². The summed E-state index contributed by atoms with van der Waals surface area (Å²) in [5, 5.41) is 3.03. The third-order valence-electron chi connectivity index (χ3n) is 4.50. The van der Waals surface area contributed by atoms with Crippen molar-refractivity contribution >= 4 is 18.3 Å². The van der Waals surface area contributed by atoms with E-state index in [-0.39, 0.29) is 18.3 Å². The molecule has 1 aromatic rings. The average Bonchev–Trinajstić information content (AvgIpc) is 2.42. The van der Waals surface area contributed by atoms with Crippen LogP contribution in [-0.2, 0) is 11.2 Å². The quantitative estimate of drug-likeness (QED) is 0.898. The fraction of sp³-hybridized carbons (Fsp3) is 0.588. The Kier molecular flexibility index (Phi) is 6.69. The van der Waals surface area contributed by atoms with Crippen molar-refractivity contribution in [3.63, 3.8) is 0 Å². The van der Waals surface area contributed by atoms with Crippen LogP contribution in [0.1, 0.15) is 48.8 Å². The number of aryl methyl sites for hydroxylation is 2. The highest BCUT2D eigenvalue weighted by atomic mass is 35.5. The number of hydrogen-bond donors (Lipinski definition) is 2. The molecular formula is C17H27ClN2O. The lowest BCUT2D eigenvalue weighted by Crippen LogP contribution is -2.55. The highest BCUT2D eigenvalue weighted by Gasteiger charge is 2.34. The summed E-state index contributed by atoms with van der Waals surface area (Å²) in [4.78, 5) is 12.2. The van der Waals surface area contributed by atoms with E-state index in [0.717, 1.165) is 32.1 Å². The Bertz CT molecular complexity index is 461. The van der Waals surface area contributed by atoms with Crippen molar-refractivity contribution < 1.29 is 4.79 Å². The normalized spacial score (nSPS) is 16.9. The van der Waals surface area contributed by atoms with E-state index < -0.39 is 5.54 Å². The molecule has 2 rings (SSSR count). The fourth-order valence-electron chi connectivity index (χ4n) is 3.13. The molecule has 0 saturated heterocycles. The molecule has 1 aliphatic carbocycles. The van der Waals surface area contributed by atoms with Crippen molar-refractivity contribution in [2.75, 3.05) is 6.54 Å². The summed E-state index contributed by atoms with van der Waals surface area (Å²) in [6.45, 7) is 4.91. The van der Waals surface area contributed by atoms with Gasteiger partial charge in [0.05, 0.1) is 5.54 Å². The minimum atomic E-state index is -0.626. The molecule has 21 heavy (non-hydrogen) atoms. The molecule has 0 bridgehead atoms. The number of nitrogens with one attached hydrogen (secondary N) is 1. The maximum atomic E-state index is 12.2. The first-order valence-corrected chi connectivity index (χ1v) is 7.65. The van der Waals surface area contributed by atoms with Gasteiger partial charge in [-0.25, -0.2) is 0 Å². The van der Waals surface area contributed by atoms with Crippen molar-refractivity contribution in [2.24, 2.45) is 5.73 Å². The second-order valence-electron chi connectivity index (χ2n) is 6.09. The maximum Gasteiger partial charge on any atom is 0.240 e. The standard InChI is InChI=1S/C17H26N2O.ClH/c1-13-7-6-8-14(2)15(13)9-12-19-16(20)17(18)10-4-3-5-11-17;/h6-8H,3-5,9-12,18H2,1-2H3,(H,19,20);1H. The zero-order valence-corrected chi connectivity index (χ0v) is 13.9. The summed E-state index contributed by atoms with van der Waals surface area (Å²) in [7, 11) is 0. The summed E-state index contributed by atoms with van der Waals surface area (Å²) in [5.41, 5.74) is 9.52. The molecule has 3 nitrogen and oxygen atoms in total. The van der Waals surface area contributed by atoms with Crippen LogP contribution < -0.4 is 11.1 Å². The van der Waals surface area contributed by atoms with Gasteiger partial charge >= 0.3 is 0 Å². The molecule has 0 heterocycles. The monoisotopic (exact) mass is 310 g/mol. The van der Waals surface area contributed by atoms with Gasteiger partial charge < -0.3 is 11.1 Å². The van der Waals surface area contributed by atoms with Crippen LogP contribution in [0.2, 0.25) is 0 Å². The lowest BCUT2D eigenvalue weighted by molar-refractivity contribution is -0.127. The van der Waals surface area contributed by atoms with Crippen LogP contribution >= 0.6 is 12.4 Å². The Morgan fingerprint density at radius 2 is 1.76 bits per heavy atom. The number of nitrogens with two attached hydrogens (primary N) is 1. The molecule has 1 amide bonds. The van der Waals surface area contributed by atoms with Gasteiger partial charge in [0.25, 0.3) is 0 Å². The summed E-state index contributed by atoms with van der Waals surface area (Å²) in [5.74, 6) is 0.0310. The SMILES string of the molecule is Cc1cccc(C)c1CCNC(=O)C1(N)CCCCC1.Cl. The molecule has 0 unspecified atom stereocenters. The minimum absolute atomic E-state index is 0. The number of benzene rings is 1. The van der Waals surface area contributed by atoms with Crippen LogP contribution in [0.25, 0.3) is 0 Å². The zero-order valence-electron chi connectivity index (χ0n) is 13.1. The van der Waals surface area contributed by atoms with Crippen molar-refractivity contribution in [1.82, 2.24) is 5.32 Å². The van der Waals surface area contributed by atoms with Gasteiger partial charge in [-0.3, -0.25) is 4.79 Å². The Balaban J connectivity index is 0.00000220. The van der Waals surface area contributed by atoms with Gasteiger partial charge in [-0.1, -0.05) is 37.5 Å². The van der Waals surface area contributed by atoms with E-state index in [1.54, 1.807) is 0 Å². The molecule has 0 atom stereocenters. The first-order chi connectivity index (χ1) is 9.53. The van der Waals surface area contributed by atoms with Crippen LogP contribution in [0.3, 0.4) is 0 Å². The lowest BCUT2D eigenvalue weighted by Gasteiger charge is -2.31. The molecule has 1 saturated carbocycles. The van der Waals surface area contributed by atoms with Gasteiger partial charge in [0, 0.05) is 6.54 Å². The molecule has 0 aromatic heterocycles. The minimum Gasteiger partial charge on any atom is -0.354 e. The van der Waals surface area contributed by atoms with E-state index in [1.165, 1.54) is 23.1 Å². The van der Waals surface area contributed by atoms with Gasteiger partial charge in [0.1, 0.15) is 0 Å². The molecule has 118 valence electrons. The topological polar surface area (TPSA) is 55.1 Å². The van der Waals surface area contributed by atoms with Crippen LogP contribution in [0.4, 0.5) is 0 Å². The fourth-order valence-corrected chi connectivity index (χ4v) is 3.13. The lowest BCUT2D eigenvalue weighted by atomic mass is 9.82. The molecule has 1 aromatic carbocycles. The molecule has 1 fully saturated rings. The highest BCUT2D eigenvalue weighted by molar-refractivity contribution is 5.86. The summed E-state index contributed by atoms with van der Waals surface area (Å²) in [6.07, 6.45) is 5.86. The van der Waals surface area contributed by atoms with Crippen LogP contribution in [-0.4, -0.2) is 18.0 Å². The van der Waals surface area contributed by atoms with Crippen LogP contribution in [0.5, 0.6) is 0 Å². The summed E-state index contributed by atoms with van der Waals surface area (Å²) < 4.78 is 0. The number of amides is 1. The number of carbonyl (C=O) groups is 1. The third kappa shape index (κ3) is 4.45. The van der Waals surface area contributed by atoms with Crippen molar-refractivity contribution in [2.45, 2.75) is 57.9 Å². The second kappa shape index (κ2) is 7.81. The van der Waals surface area contributed by atoms with Gasteiger partial charge in [-0.05, 0) is 49.8 Å². The van der Waals surface area contributed by atoms with Gasteiger partial charge in [-0.2, -0.15) is 0 Å². The zero-order chi connectivity index (χ0) is 14.6. The van der Waals surface area contributed by atoms with Crippen molar-refractivity contribution in [3.05, 3.63) is 34.9 Å². The van der Waals surface area contributed by atoms with E-state index in [2.05, 4.69) is 37.4 Å². The predicted molar refractivity (Wildman–Crippen MR) is 89.9 cm³/mol. The molecule has 0 aliphatic heterocycles. The molecule has 0 spiro atoms. The molecule has 1 aliphatic rings. The van der Waals surface area contributed by atoms with E-state index in [0.29, 0.717) is 6.54 Å². The van der Waals surface area contributed by atoms with Gasteiger partial charge in [0.2, 0.25) is 5.91 Å². The van der Waals surface area contributed by atoms with Crippen LogP contribution in [0.15, 0.2) is 18.2 Å². The first kappa shape index (κ1) is 18.0. The summed E-state index contributed by atoms with van der Waals surface area (Å²) >= 11 is 0. The molecule has 3 N–H and O–H groups in total. The van der Waals surface area contributed by atoms with Crippen molar-refractivity contribution in [3.8, 4) is 0 Å². The predicted octanol–water partition coefficient (Wildman–Crippen LogP) is 3.05. The Morgan fingerprint density at radius 1 is 1.19 bits per heavy atom. The van der Waals surface area contributed by atoms with Crippen LogP contribution in [0, 0.1) is 13.8 Å².